The lowest BCUT2D eigenvalue weighted by Crippen LogP contribution is -1.77. The average Bonchev–Trinajstić information content (AvgIpc) is 2.15. The van der Waals surface area contributed by atoms with Gasteiger partial charge in [0.1, 0.15) is 0 Å². The van der Waals surface area contributed by atoms with E-state index in [2.05, 4.69) is 15.9 Å². The van der Waals surface area contributed by atoms with Gasteiger partial charge in [0.05, 0.1) is 10.0 Å². The van der Waals surface area contributed by atoms with E-state index >= 15 is 0 Å². The molecule has 0 spiro atoms. The van der Waals surface area contributed by atoms with Gasteiger partial charge >= 0.3 is 0 Å². The Balaban J connectivity index is 2.94. The maximum absolute atomic E-state index is 6.07. The third-order valence-electron chi connectivity index (χ3n) is 1.88. The smallest absolute Gasteiger partial charge is 0.0740 e. The predicted molar refractivity (Wildman–Crippen MR) is 61.7 cm³/mol. The fourth-order valence-electron chi connectivity index (χ4n) is 1.25. The van der Waals surface area contributed by atoms with Gasteiger partial charge in [0, 0.05) is 9.86 Å². The first kappa shape index (κ1) is 9.32. The normalized spacial score (nSPS) is 10.7. The van der Waals surface area contributed by atoms with E-state index < -0.39 is 0 Å². The molecule has 13 heavy (non-hydrogen) atoms. The highest BCUT2D eigenvalue weighted by molar-refractivity contribution is 9.10. The van der Waals surface area contributed by atoms with Crippen molar-refractivity contribution in [1.29, 1.82) is 0 Å². The maximum Gasteiger partial charge on any atom is 0.0740 e. The molecule has 66 valence electrons. The van der Waals surface area contributed by atoms with Crippen LogP contribution in [0.15, 0.2) is 34.8 Å². The fraction of sp³-hybridized carbons (Fsp3) is 0. The quantitative estimate of drug-likeness (QED) is 0.600. The highest BCUT2D eigenvalue weighted by atomic mass is 79.9. The van der Waals surface area contributed by atoms with Crippen LogP contribution in [-0.4, -0.2) is 0 Å². The molecule has 0 aliphatic heterocycles. The summed E-state index contributed by atoms with van der Waals surface area (Å²) in [5, 5.41) is 3.24. The molecule has 0 unspecified atom stereocenters. The first-order valence-electron chi connectivity index (χ1n) is 3.72. The van der Waals surface area contributed by atoms with Crippen LogP contribution in [-0.2, 0) is 0 Å². The van der Waals surface area contributed by atoms with Crippen molar-refractivity contribution in [3.63, 3.8) is 0 Å². The molecule has 0 aliphatic rings. The Kier molecular flexibility index (Phi) is 2.50. The van der Waals surface area contributed by atoms with Crippen molar-refractivity contribution in [3.05, 3.63) is 44.8 Å². The Bertz CT molecular complexity index is 466. The molecule has 0 aliphatic carbocycles. The first-order chi connectivity index (χ1) is 6.20. The Labute approximate surface area is 94.6 Å². The number of rotatable bonds is 0. The summed E-state index contributed by atoms with van der Waals surface area (Å²) < 4.78 is 0.831. The van der Waals surface area contributed by atoms with Gasteiger partial charge in [-0.15, -0.1) is 0 Å². The Hall–Kier alpha value is -0.240. The van der Waals surface area contributed by atoms with E-state index in [1.54, 1.807) is 0 Å². The van der Waals surface area contributed by atoms with Gasteiger partial charge in [-0.1, -0.05) is 47.5 Å². The van der Waals surface area contributed by atoms with Crippen molar-refractivity contribution in [2.24, 2.45) is 0 Å². The summed E-state index contributed by atoms with van der Waals surface area (Å²) in [6.45, 7) is 0. The zero-order valence-electron chi connectivity index (χ0n) is 6.52. The molecular formula is C10H5BrCl2. The third-order valence-corrected chi connectivity index (χ3v) is 3.62. The van der Waals surface area contributed by atoms with Gasteiger partial charge in [-0.05, 0) is 27.4 Å². The zero-order chi connectivity index (χ0) is 9.42. The summed E-state index contributed by atoms with van der Waals surface area (Å²) >= 11 is 15.4. The second kappa shape index (κ2) is 3.49. The van der Waals surface area contributed by atoms with Crippen LogP contribution in [0.1, 0.15) is 0 Å². The van der Waals surface area contributed by atoms with Crippen LogP contribution in [0.4, 0.5) is 0 Å². The summed E-state index contributed by atoms with van der Waals surface area (Å²) in [5.41, 5.74) is 0. The number of hydrogen-bond donors (Lipinski definition) is 0. The molecule has 0 saturated carbocycles. The second-order valence-corrected chi connectivity index (χ2v) is 4.32. The minimum Gasteiger partial charge on any atom is -0.0820 e. The largest absolute Gasteiger partial charge is 0.0820 e. The molecule has 0 saturated heterocycles. The van der Waals surface area contributed by atoms with Crippen molar-refractivity contribution in [3.8, 4) is 0 Å². The molecule has 2 aromatic carbocycles. The molecule has 0 bridgehead atoms. The summed E-state index contributed by atoms with van der Waals surface area (Å²) in [6.07, 6.45) is 0. The number of halogens is 3. The Morgan fingerprint density at radius 2 is 1.69 bits per heavy atom. The lowest BCUT2D eigenvalue weighted by molar-refractivity contribution is 1.70. The van der Waals surface area contributed by atoms with Crippen LogP contribution in [0.5, 0.6) is 0 Å². The van der Waals surface area contributed by atoms with Crippen molar-refractivity contribution in [2.75, 3.05) is 0 Å². The molecule has 0 radical (unpaired) electrons. The zero-order valence-corrected chi connectivity index (χ0v) is 9.62. The van der Waals surface area contributed by atoms with Crippen molar-refractivity contribution in [1.82, 2.24) is 0 Å². The van der Waals surface area contributed by atoms with Crippen molar-refractivity contribution < 1.29 is 0 Å². The van der Waals surface area contributed by atoms with Crippen LogP contribution >= 0.6 is 39.1 Å². The monoisotopic (exact) mass is 274 g/mol. The van der Waals surface area contributed by atoms with Gasteiger partial charge in [0.15, 0.2) is 0 Å². The van der Waals surface area contributed by atoms with Crippen LogP contribution in [0.3, 0.4) is 0 Å². The molecule has 0 nitrogen and oxygen atoms in total. The molecule has 3 heteroatoms. The lowest BCUT2D eigenvalue weighted by atomic mass is 10.1. The highest BCUT2D eigenvalue weighted by Crippen LogP contribution is 2.36. The average molecular weight is 276 g/mol. The summed E-state index contributed by atoms with van der Waals surface area (Å²) in [5.74, 6) is 0. The molecule has 0 aromatic heterocycles. The number of hydrogen-bond acceptors (Lipinski definition) is 0. The molecule has 0 heterocycles. The molecule has 2 aromatic rings. The predicted octanol–water partition coefficient (Wildman–Crippen LogP) is 4.91. The van der Waals surface area contributed by atoms with Gasteiger partial charge in [0.25, 0.3) is 0 Å². The molecular weight excluding hydrogens is 271 g/mol. The van der Waals surface area contributed by atoms with E-state index in [0.717, 1.165) is 15.2 Å². The van der Waals surface area contributed by atoms with E-state index in [-0.39, 0.29) is 0 Å². The summed E-state index contributed by atoms with van der Waals surface area (Å²) in [6, 6.07) is 9.83. The van der Waals surface area contributed by atoms with E-state index in [1.165, 1.54) is 0 Å². The first-order valence-corrected chi connectivity index (χ1v) is 5.27. The van der Waals surface area contributed by atoms with Crippen LogP contribution in [0, 0.1) is 0 Å². The van der Waals surface area contributed by atoms with Gasteiger partial charge in [-0.2, -0.15) is 0 Å². The maximum atomic E-state index is 6.07. The summed E-state index contributed by atoms with van der Waals surface area (Å²) in [4.78, 5) is 0. The standard InChI is InChI=1S/C10H5BrCl2/c11-8-5-6-3-1-2-4-7(6)9(12)10(8)13/h1-5H. The highest BCUT2D eigenvalue weighted by Gasteiger charge is 2.06. The van der Waals surface area contributed by atoms with E-state index in [0.29, 0.717) is 10.0 Å². The van der Waals surface area contributed by atoms with E-state index in [1.807, 2.05) is 30.3 Å². The molecule has 0 N–H and O–H groups in total. The SMILES string of the molecule is Clc1c(Br)cc2ccccc2c1Cl. The molecule has 2 rings (SSSR count). The topological polar surface area (TPSA) is 0 Å². The molecule has 0 atom stereocenters. The number of fused-ring (bicyclic) bond motifs is 1. The van der Waals surface area contributed by atoms with Gasteiger partial charge in [0.2, 0.25) is 0 Å². The van der Waals surface area contributed by atoms with Gasteiger partial charge in [-0.3, -0.25) is 0 Å². The van der Waals surface area contributed by atoms with Crippen molar-refractivity contribution >= 4 is 49.9 Å². The van der Waals surface area contributed by atoms with E-state index in [9.17, 15) is 0 Å². The van der Waals surface area contributed by atoms with Gasteiger partial charge < -0.3 is 0 Å². The van der Waals surface area contributed by atoms with Crippen LogP contribution < -0.4 is 0 Å². The minimum absolute atomic E-state index is 0.570. The Morgan fingerprint density at radius 1 is 1.00 bits per heavy atom. The van der Waals surface area contributed by atoms with Crippen LogP contribution in [0.25, 0.3) is 10.8 Å². The van der Waals surface area contributed by atoms with Crippen LogP contribution in [0.2, 0.25) is 10.0 Å². The lowest BCUT2D eigenvalue weighted by Gasteiger charge is -2.04. The second-order valence-electron chi connectivity index (χ2n) is 2.71. The third kappa shape index (κ3) is 1.56. The molecule has 0 fully saturated rings. The van der Waals surface area contributed by atoms with Crippen molar-refractivity contribution in [2.45, 2.75) is 0 Å². The number of benzene rings is 2. The molecule has 0 amide bonds. The van der Waals surface area contributed by atoms with E-state index in [4.69, 9.17) is 23.2 Å². The Morgan fingerprint density at radius 3 is 2.46 bits per heavy atom. The fourth-order valence-corrected chi connectivity index (χ4v) is 2.23. The van der Waals surface area contributed by atoms with Gasteiger partial charge in [-0.25, -0.2) is 0 Å². The summed E-state index contributed by atoms with van der Waals surface area (Å²) in [7, 11) is 0. The minimum atomic E-state index is 0.570.